The SMILES string of the molecule is COC(=O)C1=C(C(=O)OC)C2(c3cc(Cl)ccc3-c3ccc(Cl)cc32)C2C=C(/C=C/c3ccccc3)c3ccccc3N12. The molecule has 0 radical (unpaired) electrons. The molecular formula is C36H25Cl2NO4. The maximum Gasteiger partial charge on any atom is 0.355 e. The highest BCUT2D eigenvalue weighted by atomic mass is 35.5. The number of allylic oxidation sites excluding steroid dienone is 2. The summed E-state index contributed by atoms with van der Waals surface area (Å²) in [4.78, 5) is 29.7. The zero-order valence-electron chi connectivity index (χ0n) is 23.3. The van der Waals surface area contributed by atoms with Gasteiger partial charge in [0.05, 0.1) is 31.2 Å². The molecule has 3 aliphatic rings. The van der Waals surface area contributed by atoms with Gasteiger partial charge in [-0.1, -0.05) is 102 Å². The molecule has 0 saturated carbocycles. The highest BCUT2D eigenvalue weighted by Crippen LogP contribution is 2.63. The van der Waals surface area contributed by atoms with Gasteiger partial charge in [-0.3, -0.25) is 0 Å². The number of ether oxygens (including phenoxy) is 2. The Hall–Kier alpha value is -4.58. The number of rotatable bonds is 4. The average Bonchev–Trinajstić information content (AvgIpc) is 3.49. The minimum absolute atomic E-state index is 0.118. The van der Waals surface area contributed by atoms with E-state index in [1.165, 1.54) is 14.2 Å². The lowest BCUT2D eigenvalue weighted by atomic mass is 9.67. The minimum atomic E-state index is -1.20. The van der Waals surface area contributed by atoms with Crippen molar-refractivity contribution in [2.24, 2.45) is 0 Å². The topological polar surface area (TPSA) is 55.8 Å². The van der Waals surface area contributed by atoms with Crippen molar-refractivity contribution < 1.29 is 19.1 Å². The van der Waals surface area contributed by atoms with Crippen LogP contribution < -0.4 is 4.90 Å². The Kier molecular flexibility index (Phi) is 6.53. The van der Waals surface area contributed by atoms with Crippen LogP contribution in [0.15, 0.2) is 114 Å². The Morgan fingerprint density at radius 2 is 1.35 bits per heavy atom. The van der Waals surface area contributed by atoms with Gasteiger partial charge in [0.2, 0.25) is 0 Å². The van der Waals surface area contributed by atoms with Crippen LogP contribution in [0.25, 0.3) is 22.8 Å². The largest absolute Gasteiger partial charge is 0.466 e. The zero-order chi connectivity index (χ0) is 29.9. The third kappa shape index (κ3) is 3.92. The maximum atomic E-state index is 14.0. The fourth-order valence-corrected chi connectivity index (χ4v) is 7.23. The monoisotopic (exact) mass is 605 g/mol. The first kappa shape index (κ1) is 27.3. The number of hydrogen-bond donors (Lipinski definition) is 0. The maximum absolute atomic E-state index is 14.0. The lowest BCUT2D eigenvalue weighted by Crippen LogP contribution is -2.46. The van der Waals surface area contributed by atoms with E-state index in [9.17, 15) is 9.59 Å². The molecule has 1 aliphatic carbocycles. The molecule has 0 bridgehead atoms. The number of nitrogens with zero attached hydrogens (tertiary/aromatic N) is 1. The molecule has 1 unspecified atom stereocenters. The highest BCUT2D eigenvalue weighted by Gasteiger charge is 2.63. The number of methoxy groups -OCH3 is 2. The van der Waals surface area contributed by atoms with E-state index in [4.69, 9.17) is 32.7 Å². The lowest BCUT2D eigenvalue weighted by molar-refractivity contribution is -0.139. The van der Waals surface area contributed by atoms with Crippen LogP contribution in [-0.2, 0) is 24.5 Å². The van der Waals surface area contributed by atoms with Gasteiger partial charge in [-0.05, 0) is 63.7 Å². The summed E-state index contributed by atoms with van der Waals surface area (Å²) in [6.45, 7) is 0. The molecule has 0 aromatic heterocycles. The Labute approximate surface area is 259 Å². The van der Waals surface area contributed by atoms with Gasteiger partial charge in [-0.2, -0.15) is 0 Å². The molecule has 2 heterocycles. The van der Waals surface area contributed by atoms with E-state index in [1.807, 2.05) is 95.9 Å². The Morgan fingerprint density at radius 3 is 1.98 bits per heavy atom. The van der Waals surface area contributed by atoms with Crippen molar-refractivity contribution in [2.45, 2.75) is 11.5 Å². The Bertz CT molecular complexity index is 1870. The van der Waals surface area contributed by atoms with Gasteiger partial charge < -0.3 is 14.4 Å². The number of halogens is 2. The van der Waals surface area contributed by atoms with Gasteiger partial charge in [0, 0.05) is 21.3 Å². The van der Waals surface area contributed by atoms with Gasteiger partial charge in [0.1, 0.15) is 5.70 Å². The molecule has 0 amide bonds. The Balaban J connectivity index is 1.62. The summed E-state index contributed by atoms with van der Waals surface area (Å²) in [6.07, 6.45) is 6.24. The number of fused-ring (bicyclic) bond motifs is 9. The highest BCUT2D eigenvalue weighted by molar-refractivity contribution is 6.31. The fraction of sp³-hybridized carbons (Fsp3) is 0.111. The molecule has 7 rings (SSSR count). The zero-order valence-corrected chi connectivity index (χ0v) is 24.8. The third-order valence-electron chi connectivity index (χ3n) is 8.53. The minimum Gasteiger partial charge on any atom is -0.466 e. The van der Waals surface area contributed by atoms with Crippen molar-refractivity contribution in [1.29, 1.82) is 0 Å². The summed E-state index contributed by atoms with van der Waals surface area (Å²) < 4.78 is 10.8. The van der Waals surface area contributed by atoms with Crippen molar-refractivity contribution >= 4 is 52.5 Å². The molecule has 212 valence electrons. The summed E-state index contributed by atoms with van der Waals surface area (Å²) in [7, 11) is 2.63. The average molecular weight is 607 g/mol. The molecule has 43 heavy (non-hydrogen) atoms. The number of esters is 2. The van der Waals surface area contributed by atoms with Crippen LogP contribution in [0.1, 0.15) is 22.3 Å². The molecule has 0 N–H and O–H groups in total. The normalized spacial score (nSPS) is 17.3. The first-order chi connectivity index (χ1) is 20.9. The van der Waals surface area contributed by atoms with Crippen LogP contribution in [0.4, 0.5) is 5.69 Å². The standard InChI is InChI=1S/C36H25Cl2NO4/c1-42-34(40)32-33(35(41)43-2)39-30-11-7-6-10-25(30)22(13-12-21-8-4-3-5-9-21)18-31(39)36(32)28-19-23(37)14-16-26(28)27-17-15-24(38)20-29(27)36/h3-20,31H,1-2H3/b13-12+. The molecule has 5 nitrogen and oxygen atoms in total. The quantitative estimate of drug-likeness (QED) is 0.222. The van der Waals surface area contributed by atoms with Gasteiger partial charge in [-0.25, -0.2) is 9.59 Å². The van der Waals surface area contributed by atoms with Crippen molar-refractivity contribution in [3.8, 4) is 11.1 Å². The second-order valence-corrected chi connectivity index (χ2v) is 11.5. The van der Waals surface area contributed by atoms with Crippen LogP contribution in [0, 0.1) is 0 Å². The molecule has 0 saturated heterocycles. The molecule has 2 aliphatic heterocycles. The van der Waals surface area contributed by atoms with Crippen LogP contribution in [-0.4, -0.2) is 32.2 Å². The van der Waals surface area contributed by atoms with Crippen molar-refractivity contribution in [3.63, 3.8) is 0 Å². The third-order valence-corrected chi connectivity index (χ3v) is 9.00. The van der Waals surface area contributed by atoms with Gasteiger partial charge in [-0.15, -0.1) is 0 Å². The predicted octanol–water partition coefficient (Wildman–Crippen LogP) is 7.86. The van der Waals surface area contributed by atoms with Crippen molar-refractivity contribution in [3.05, 3.63) is 147 Å². The second-order valence-electron chi connectivity index (χ2n) is 10.6. The van der Waals surface area contributed by atoms with Gasteiger partial charge in [0.15, 0.2) is 0 Å². The first-order valence-corrected chi connectivity index (χ1v) is 14.5. The van der Waals surface area contributed by atoms with Crippen molar-refractivity contribution in [2.75, 3.05) is 19.1 Å². The molecule has 7 heteroatoms. The van der Waals surface area contributed by atoms with Crippen LogP contribution in [0.3, 0.4) is 0 Å². The molecular weight excluding hydrogens is 581 g/mol. The summed E-state index contributed by atoms with van der Waals surface area (Å²) in [6, 6.07) is 28.6. The summed E-state index contributed by atoms with van der Waals surface area (Å²) in [5.74, 6) is -1.28. The fourth-order valence-electron chi connectivity index (χ4n) is 6.89. The van der Waals surface area contributed by atoms with E-state index in [0.717, 1.165) is 44.6 Å². The van der Waals surface area contributed by atoms with E-state index in [2.05, 4.69) is 18.2 Å². The molecule has 1 atom stereocenters. The Morgan fingerprint density at radius 1 is 0.744 bits per heavy atom. The van der Waals surface area contributed by atoms with Crippen LogP contribution in [0.2, 0.25) is 10.0 Å². The van der Waals surface area contributed by atoms with E-state index < -0.39 is 23.4 Å². The van der Waals surface area contributed by atoms with E-state index in [0.29, 0.717) is 10.0 Å². The van der Waals surface area contributed by atoms with E-state index in [1.54, 1.807) is 0 Å². The van der Waals surface area contributed by atoms with E-state index >= 15 is 0 Å². The smallest absolute Gasteiger partial charge is 0.355 e. The van der Waals surface area contributed by atoms with Gasteiger partial charge in [0.25, 0.3) is 0 Å². The summed E-state index contributed by atoms with van der Waals surface area (Å²) in [5, 5.41) is 1.01. The summed E-state index contributed by atoms with van der Waals surface area (Å²) in [5.41, 5.74) is 6.12. The van der Waals surface area contributed by atoms with E-state index in [-0.39, 0.29) is 11.3 Å². The number of benzene rings is 4. The predicted molar refractivity (Wildman–Crippen MR) is 170 cm³/mol. The van der Waals surface area contributed by atoms with Crippen molar-refractivity contribution in [1.82, 2.24) is 0 Å². The van der Waals surface area contributed by atoms with Crippen LogP contribution in [0.5, 0.6) is 0 Å². The van der Waals surface area contributed by atoms with Gasteiger partial charge >= 0.3 is 11.9 Å². The first-order valence-electron chi connectivity index (χ1n) is 13.8. The molecule has 4 aromatic carbocycles. The molecule has 4 aromatic rings. The van der Waals surface area contributed by atoms with Crippen LogP contribution >= 0.6 is 23.2 Å². The second kappa shape index (κ2) is 10.3. The number of carbonyl (C=O) groups is 2. The molecule has 0 fully saturated rings. The number of carbonyl (C=O) groups excluding carboxylic acids is 2. The number of hydrogen-bond acceptors (Lipinski definition) is 5. The lowest BCUT2D eigenvalue weighted by Gasteiger charge is -2.41. The molecule has 1 spiro atoms. The summed E-state index contributed by atoms with van der Waals surface area (Å²) >= 11 is 13.3. The number of anilines is 1. The number of para-hydroxylation sites is 1.